The molecule has 1 aromatic carbocycles. The first-order valence-electron chi connectivity index (χ1n) is 10.7. The number of guanidine groups is 1. The molecule has 0 radical (unpaired) electrons. The summed E-state index contributed by atoms with van der Waals surface area (Å²) in [7, 11) is 0. The standard InChI is InChI=1S/C22H33FN4O3.HI/c1-5-24-20(25-13-14-6-9-19(28)18(23)10-14)26-15-11-16-7-8-17(12-15)27(16)21(29)30-22(2,3)4;/h6,9-10,15-17,28H,5,7-8,11-13H2,1-4H3,(H2,24,25,26);1H. The number of carbonyl (C=O) groups excluding carboxylic acids is 1. The molecule has 0 aromatic heterocycles. The van der Waals surface area contributed by atoms with Gasteiger partial charge in [-0.1, -0.05) is 6.07 Å². The van der Waals surface area contributed by atoms with Gasteiger partial charge < -0.3 is 25.4 Å². The van der Waals surface area contributed by atoms with E-state index in [1.165, 1.54) is 12.1 Å². The minimum absolute atomic E-state index is 0. The Labute approximate surface area is 200 Å². The summed E-state index contributed by atoms with van der Waals surface area (Å²) in [5, 5.41) is 16.0. The zero-order valence-electron chi connectivity index (χ0n) is 18.7. The van der Waals surface area contributed by atoms with Gasteiger partial charge in [0.1, 0.15) is 5.60 Å². The van der Waals surface area contributed by atoms with Crippen LogP contribution in [0.4, 0.5) is 9.18 Å². The van der Waals surface area contributed by atoms with E-state index >= 15 is 0 Å². The molecule has 3 rings (SSSR count). The van der Waals surface area contributed by atoms with Gasteiger partial charge in [0.25, 0.3) is 0 Å². The van der Waals surface area contributed by atoms with Crippen molar-refractivity contribution in [2.45, 2.75) is 83.6 Å². The molecular formula is C22H34FIN4O3. The fraction of sp³-hybridized carbons (Fsp3) is 0.636. The van der Waals surface area contributed by atoms with Gasteiger partial charge in [-0.3, -0.25) is 0 Å². The van der Waals surface area contributed by atoms with E-state index in [1.807, 2.05) is 32.6 Å². The SMILES string of the molecule is CCNC(=NCc1ccc(O)c(F)c1)NC1CC2CCC(C1)N2C(=O)OC(C)(C)C.I. The zero-order chi connectivity index (χ0) is 21.9. The number of hydrogen-bond donors (Lipinski definition) is 3. The van der Waals surface area contributed by atoms with E-state index in [0.717, 1.165) is 25.7 Å². The van der Waals surface area contributed by atoms with Crippen LogP contribution in [0.5, 0.6) is 5.75 Å². The van der Waals surface area contributed by atoms with Crippen LogP contribution in [-0.4, -0.2) is 52.3 Å². The molecule has 31 heavy (non-hydrogen) atoms. The maximum Gasteiger partial charge on any atom is 0.410 e. The van der Waals surface area contributed by atoms with Crippen LogP contribution in [0.1, 0.15) is 58.9 Å². The highest BCUT2D eigenvalue weighted by Crippen LogP contribution is 2.36. The summed E-state index contributed by atoms with van der Waals surface area (Å²) in [5.41, 5.74) is 0.187. The van der Waals surface area contributed by atoms with Gasteiger partial charge in [-0.25, -0.2) is 14.2 Å². The number of ether oxygens (including phenoxy) is 1. The minimum atomic E-state index is -0.647. The van der Waals surface area contributed by atoms with Gasteiger partial charge in [-0.15, -0.1) is 24.0 Å². The largest absolute Gasteiger partial charge is 0.505 e. The molecule has 9 heteroatoms. The monoisotopic (exact) mass is 548 g/mol. The van der Waals surface area contributed by atoms with Crippen LogP contribution in [0.15, 0.2) is 23.2 Å². The highest BCUT2D eigenvalue weighted by molar-refractivity contribution is 14.0. The van der Waals surface area contributed by atoms with E-state index in [0.29, 0.717) is 24.6 Å². The lowest BCUT2D eigenvalue weighted by Crippen LogP contribution is -2.55. The molecule has 2 atom stereocenters. The maximum atomic E-state index is 13.6. The van der Waals surface area contributed by atoms with Gasteiger partial charge >= 0.3 is 6.09 Å². The lowest BCUT2D eigenvalue weighted by Gasteiger charge is -2.40. The second kappa shape index (κ2) is 10.7. The number of amides is 1. The highest BCUT2D eigenvalue weighted by Gasteiger charge is 2.45. The van der Waals surface area contributed by atoms with Crippen LogP contribution in [0.25, 0.3) is 0 Å². The molecule has 1 amide bonds. The van der Waals surface area contributed by atoms with Gasteiger partial charge in [0.05, 0.1) is 6.54 Å². The molecule has 7 nitrogen and oxygen atoms in total. The van der Waals surface area contributed by atoms with Crippen LogP contribution in [0.2, 0.25) is 0 Å². The summed E-state index contributed by atoms with van der Waals surface area (Å²) >= 11 is 0. The quantitative estimate of drug-likeness (QED) is 0.299. The van der Waals surface area contributed by atoms with Crippen molar-refractivity contribution in [3.05, 3.63) is 29.6 Å². The Morgan fingerprint density at radius 1 is 1.29 bits per heavy atom. The molecule has 2 fully saturated rings. The van der Waals surface area contributed by atoms with Crippen molar-refractivity contribution in [3.63, 3.8) is 0 Å². The van der Waals surface area contributed by atoms with Gasteiger partial charge in [-0.05, 0) is 71.1 Å². The molecule has 2 bridgehead atoms. The number of aliphatic imine (C=N–C) groups is 1. The molecule has 2 unspecified atom stereocenters. The van der Waals surface area contributed by atoms with Gasteiger partial charge in [0, 0.05) is 24.7 Å². The molecule has 0 aliphatic carbocycles. The number of benzene rings is 1. The summed E-state index contributed by atoms with van der Waals surface area (Å²) < 4.78 is 19.2. The van der Waals surface area contributed by atoms with Crippen molar-refractivity contribution in [3.8, 4) is 5.75 Å². The van der Waals surface area contributed by atoms with Gasteiger partial charge in [-0.2, -0.15) is 0 Å². The Morgan fingerprint density at radius 2 is 1.94 bits per heavy atom. The fourth-order valence-electron chi connectivity index (χ4n) is 4.24. The fourth-order valence-corrected chi connectivity index (χ4v) is 4.24. The molecule has 2 saturated heterocycles. The topological polar surface area (TPSA) is 86.2 Å². The molecule has 0 saturated carbocycles. The lowest BCUT2D eigenvalue weighted by atomic mass is 9.98. The number of fused-ring (bicyclic) bond motifs is 2. The third-order valence-electron chi connectivity index (χ3n) is 5.45. The third kappa shape index (κ3) is 6.85. The van der Waals surface area contributed by atoms with Crippen molar-refractivity contribution >= 4 is 36.0 Å². The predicted octanol–water partition coefficient (Wildman–Crippen LogP) is 4.13. The van der Waals surface area contributed by atoms with Crippen LogP contribution < -0.4 is 10.6 Å². The average Bonchev–Trinajstić information content (AvgIpc) is 2.92. The second-order valence-corrected chi connectivity index (χ2v) is 9.07. The van der Waals surface area contributed by atoms with Crippen LogP contribution in [0.3, 0.4) is 0 Å². The zero-order valence-corrected chi connectivity index (χ0v) is 21.0. The van der Waals surface area contributed by atoms with Crippen LogP contribution >= 0.6 is 24.0 Å². The number of nitrogens with zero attached hydrogens (tertiary/aromatic N) is 2. The summed E-state index contributed by atoms with van der Waals surface area (Å²) in [5.74, 6) is -0.340. The number of rotatable bonds is 4. The summed E-state index contributed by atoms with van der Waals surface area (Å²) in [6.45, 7) is 8.67. The Bertz CT molecular complexity index is 785. The van der Waals surface area contributed by atoms with E-state index in [9.17, 15) is 14.3 Å². The maximum absolute atomic E-state index is 13.6. The van der Waals surface area contributed by atoms with E-state index in [1.54, 1.807) is 6.07 Å². The first-order valence-corrected chi connectivity index (χ1v) is 10.7. The number of phenols is 1. The minimum Gasteiger partial charge on any atom is -0.505 e. The van der Waals surface area contributed by atoms with Crippen molar-refractivity contribution in [1.29, 1.82) is 0 Å². The summed E-state index contributed by atoms with van der Waals surface area (Å²) in [4.78, 5) is 19.1. The predicted molar refractivity (Wildman–Crippen MR) is 129 cm³/mol. The van der Waals surface area contributed by atoms with E-state index in [2.05, 4.69) is 15.6 Å². The summed E-state index contributed by atoms with van der Waals surface area (Å²) in [6.07, 6.45) is 3.44. The summed E-state index contributed by atoms with van der Waals surface area (Å²) in [6, 6.07) is 4.84. The first-order chi connectivity index (χ1) is 14.2. The average molecular weight is 548 g/mol. The smallest absolute Gasteiger partial charge is 0.410 e. The van der Waals surface area contributed by atoms with Crippen LogP contribution in [-0.2, 0) is 11.3 Å². The molecule has 2 aliphatic heterocycles. The van der Waals surface area contributed by atoms with Crippen molar-refractivity contribution in [2.75, 3.05) is 6.54 Å². The van der Waals surface area contributed by atoms with Crippen molar-refractivity contribution in [1.82, 2.24) is 15.5 Å². The number of halogens is 2. The molecule has 174 valence electrons. The normalized spacial score (nSPS) is 23.2. The van der Waals surface area contributed by atoms with Crippen LogP contribution in [0, 0.1) is 5.82 Å². The number of carbonyl (C=O) groups is 1. The van der Waals surface area contributed by atoms with Gasteiger partial charge in [0.2, 0.25) is 0 Å². The van der Waals surface area contributed by atoms with E-state index < -0.39 is 11.4 Å². The second-order valence-electron chi connectivity index (χ2n) is 9.07. The molecule has 2 heterocycles. The van der Waals surface area contributed by atoms with E-state index in [4.69, 9.17) is 4.74 Å². The van der Waals surface area contributed by atoms with Crippen molar-refractivity contribution < 1.29 is 19.0 Å². The molecule has 2 aliphatic rings. The Hall–Kier alpha value is -1.78. The van der Waals surface area contributed by atoms with Crippen molar-refractivity contribution in [2.24, 2.45) is 4.99 Å². The molecule has 3 N–H and O–H groups in total. The molecular weight excluding hydrogens is 514 g/mol. The number of hydrogen-bond acceptors (Lipinski definition) is 4. The highest BCUT2D eigenvalue weighted by atomic mass is 127. The lowest BCUT2D eigenvalue weighted by molar-refractivity contribution is 0.00545. The van der Waals surface area contributed by atoms with Gasteiger partial charge in [0.15, 0.2) is 17.5 Å². The molecule has 1 aromatic rings. The number of phenolic OH excluding ortho intramolecular Hbond substituents is 1. The number of nitrogens with one attached hydrogen (secondary N) is 2. The Balaban J connectivity index is 0.00000341. The first kappa shape index (κ1) is 25.5. The number of aromatic hydroxyl groups is 1. The Morgan fingerprint density at radius 3 is 2.48 bits per heavy atom. The Kier molecular flexibility index (Phi) is 8.79. The van der Waals surface area contributed by atoms with E-state index in [-0.39, 0.29) is 53.9 Å². The molecule has 0 spiro atoms. The number of piperidine rings is 1. The third-order valence-corrected chi connectivity index (χ3v) is 5.45.